The van der Waals surface area contributed by atoms with Gasteiger partial charge in [0.15, 0.2) is 11.6 Å². The topological polar surface area (TPSA) is 90.3 Å². The third kappa shape index (κ3) is 5.13. The number of aromatic hydroxyl groups is 1. The number of aromatic nitrogens is 2. The average molecular weight is 266 g/mol. The number of aliphatic hydroxyl groups is 1. The van der Waals surface area contributed by atoms with Crippen LogP contribution in [-0.4, -0.2) is 32.8 Å². The van der Waals surface area contributed by atoms with Gasteiger partial charge in [-0.2, -0.15) is 4.98 Å². The maximum absolute atomic E-state index is 9.75. The molecule has 4 N–H and O–H groups in total. The van der Waals surface area contributed by atoms with Crippen LogP contribution in [0.1, 0.15) is 33.1 Å². The Morgan fingerprint density at radius 2 is 2.21 bits per heavy atom. The number of rotatable bonds is 8. The van der Waals surface area contributed by atoms with Gasteiger partial charge in [0.05, 0.1) is 6.20 Å². The second-order valence-corrected chi connectivity index (χ2v) is 4.48. The molecule has 0 aromatic carbocycles. The minimum Gasteiger partial charge on any atom is -0.503 e. The van der Waals surface area contributed by atoms with E-state index < -0.39 is 0 Å². The molecule has 0 bridgehead atoms. The van der Waals surface area contributed by atoms with Crippen LogP contribution in [0.2, 0.25) is 0 Å². The largest absolute Gasteiger partial charge is 0.503 e. The summed E-state index contributed by atoms with van der Waals surface area (Å²) in [6.45, 7) is 7.68. The molecular formula is C13H22N4O2. The SMILES string of the molecule is C=C(C)Nc1ncc(O)c(N[C@@H](CCC)CCO)n1. The van der Waals surface area contributed by atoms with Gasteiger partial charge in [-0.15, -0.1) is 0 Å². The monoisotopic (exact) mass is 266 g/mol. The molecule has 6 nitrogen and oxygen atoms in total. The van der Waals surface area contributed by atoms with Gasteiger partial charge in [-0.3, -0.25) is 0 Å². The first-order valence-corrected chi connectivity index (χ1v) is 6.42. The summed E-state index contributed by atoms with van der Waals surface area (Å²) in [5, 5.41) is 24.8. The highest BCUT2D eigenvalue weighted by Gasteiger charge is 2.12. The van der Waals surface area contributed by atoms with Crippen molar-refractivity contribution in [2.24, 2.45) is 0 Å². The lowest BCUT2D eigenvalue weighted by molar-refractivity contribution is 0.276. The second-order valence-electron chi connectivity index (χ2n) is 4.48. The standard InChI is InChI=1S/C13H22N4O2/c1-4-5-10(6-7-18)16-12-11(19)8-14-13(17-12)15-9(2)3/h8,10,18-19H,2,4-7H2,1,3H3,(H2,14,15,16,17)/t10-/m0/s1. The molecule has 1 aromatic rings. The molecule has 0 aliphatic rings. The molecule has 0 saturated carbocycles. The first-order chi connectivity index (χ1) is 9.06. The second kappa shape index (κ2) is 7.58. The summed E-state index contributed by atoms with van der Waals surface area (Å²) in [7, 11) is 0. The Morgan fingerprint density at radius 3 is 2.79 bits per heavy atom. The van der Waals surface area contributed by atoms with Crippen molar-refractivity contribution < 1.29 is 10.2 Å². The zero-order valence-electron chi connectivity index (χ0n) is 11.5. The normalized spacial score (nSPS) is 11.9. The third-order valence-corrected chi connectivity index (χ3v) is 2.55. The maximum atomic E-state index is 9.75. The van der Waals surface area contributed by atoms with Crippen LogP contribution in [-0.2, 0) is 0 Å². The Bertz CT molecular complexity index is 417. The highest BCUT2D eigenvalue weighted by molar-refractivity contribution is 5.52. The number of nitrogens with zero attached hydrogens (tertiary/aromatic N) is 2. The van der Waals surface area contributed by atoms with Gasteiger partial charge in [-0.05, 0) is 19.8 Å². The molecule has 1 atom stereocenters. The highest BCUT2D eigenvalue weighted by atomic mass is 16.3. The molecule has 106 valence electrons. The zero-order valence-corrected chi connectivity index (χ0v) is 11.5. The average Bonchev–Trinajstić information content (AvgIpc) is 2.33. The van der Waals surface area contributed by atoms with E-state index in [1.165, 1.54) is 6.20 Å². The van der Waals surface area contributed by atoms with Gasteiger partial charge in [-0.25, -0.2) is 4.98 Å². The number of aliphatic hydroxyl groups excluding tert-OH is 1. The lowest BCUT2D eigenvalue weighted by Crippen LogP contribution is -2.21. The van der Waals surface area contributed by atoms with Gasteiger partial charge in [0, 0.05) is 18.3 Å². The van der Waals surface area contributed by atoms with Crippen molar-refractivity contribution in [2.45, 2.75) is 39.2 Å². The number of allylic oxidation sites excluding steroid dienone is 1. The lowest BCUT2D eigenvalue weighted by Gasteiger charge is -2.18. The van der Waals surface area contributed by atoms with E-state index in [9.17, 15) is 5.11 Å². The molecule has 1 aromatic heterocycles. The van der Waals surface area contributed by atoms with E-state index >= 15 is 0 Å². The van der Waals surface area contributed by atoms with Crippen LogP contribution < -0.4 is 10.6 Å². The van der Waals surface area contributed by atoms with Crippen molar-refractivity contribution in [3.63, 3.8) is 0 Å². The Balaban J connectivity index is 2.82. The highest BCUT2D eigenvalue weighted by Crippen LogP contribution is 2.23. The van der Waals surface area contributed by atoms with Crippen molar-refractivity contribution in [3.8, 4) is 5.75 Å². The Labute approximate surface area is 113 Å². The first kappa shape index (κ1) is 15.2. The van der Waals surface area contributed by atoms with Gasteiger partial charge >= 0.3 is 0 Å². The minimum atomic E-state index is -0.00805. The van der Waals surface area contributed by atoms with Gasteiger partial charge in [0.1, 0.15) is 0 Å². The fourth-order valence-electron chi connectivity index (χ4n) is 1.72. The molecule has 0 unspecified atom stereocenters. The fourth-order valence-corrected chi connectivity index (χ4v) is 1.72. The summed E-state index contributed by atoms with van der Waals surface area (Å²) >= 11 is 0. The predicted octanol–water partition coefficient (Wildman–Crippen LogP) is 2.09. The molecule has 0 spiro atoms. The van der Waals surface area contributed by atoms with E-state index in [-0.39, 0.29) is 18.4 Å². The smallest absolute Gasteiger partial charge is 0.229 e. The predicted molar refractivity (Wildman–Crippen MR) is 76.2 cm³/mol. The van der Waals surface area contributed by atoms with Crippen LogP contribution in [0.4, 0.5) is 11.8 Å². The zero-order chi connectivity index (χ0) is 14.3. The van der Waals surface area contributed by atoms with E-state index in [2.05, 4.69) is 34.1 Å². The Hall–Kier alpha value is -1.82. The van der Waals surface area contributed by atoms with E-state index in [0.29, 0.717) is 18.2 Å². The van der Waals surface area contributed by atoms with Crippen molar-refractivity contribution in [1.82, 2.24) is 9.97 Å². The van der Waals surface area contributed by atoms with E-state index in [1.54, 1.807) is 6.92 Å². The molecule has 0 fully saturated rings. The molecule has 0 aliphatic carbocycles. The quantitative estimate of drug-likeness (QED) is 0.576. The third-order valence-electron chi connectivity index (χ3n) is 2.55. The fraction of sp³-hybridized carbons (Fsp3) is 0.538. The molecule has 1 heterocycles. The minimum absolute atomic E-state index is 0.00805. The summed E-state index contributed by atoms with van der Waals surface area (Å²) in [6, 6.07) is 0.0773. The van der Waals surface area contributed by atoms with Gasteiger partial charge in [0.2, 0.25) is 5.95 Å². The molecular weight excluding hydrogens is 244 g/mol. The molecule has 6 heteroatoms. The molecule has 0 saturated heterocycles. The van der Waals surface area contributed by atoms with Crippen molar-refractivity contribution in [2.75, 3.05) is 17.2 Å². The van der Waals surface area contributed by atoms with Crippen molar-refractivity contribution >= 4 is 11.8 Å². The molecule has 1 rings (SSSR count). The van der Waals surface area contributed by atoms with Crippen LogP contribution in [0.5, 0.6) is 5.75 Å². The molecule has 0 amide bonds. The summed E-state index contributed by atoms with van der Waals surface area (Å²) < 4.78 is 0. The number of anilines is 2. The van der Waals surface area contributed by atoms with Gasteiger partial charge < -0.3 is 20.8 Å². The molecule has 0 radical (unpaired) electrons. The number of nitrogens with one attached hydrogen (secondary N) is 2. The first-order valence-electron chi connectivity index (χ1n) is 6.42. The maximum Gasteiger partial charge on any atom is 0.229 e. The van der Waals surface area contributed by atoms with Crippen LogP contribution >= 0.6 is 0 Å². The summed E-state index contributed by atoms with van der Waals surface area (Å²) in [4.78, 5) is 8.15. The van der Waals surface area contributed by atoms with Crippen molar-refractivity contribution in [1.29, 1.82) is 0 Å². The summed E-state index contributed by atoms with van der Waals surface area (Å²) in [5.74, 6) is 0.740. The van der Waals surface area contributed by atoms with Crippen LogP contribution in [0.3, 0.4) is 0 Å². The van der Waals surface area contributed by atoms with Crippen molar-refractivity contribution in [3.05, 3.63) is 18.5 Å². The van der Waals surface area contributed by atoms with Crippen LogP contribution in [0.25, 0.3) is 0 Å². The molecule has 19 heavy (non-hydrogen) atoms. The summed E-state index contributed by atoms with van der Waals surface area (Å²) in [6.07, 6.45) is 3.83. The number of hydrogen-bond donors (Lipinski definition) is 4. The van der Waals surface area contributed by atoms with Crippen LogP contribution in [0.15, 0.2) is 18.5 Å². The van der Waals surface area contributed by atoms with E-state index in [1.807, 2.05) is 0 Å². The van der Waals surface area contributed by atoms with Crippen LogP contribution in [0, 0.1) is 0 Å². The van der Waals surface area contributed by atoms with Gasteiger partial charge in [-0.1, -0.05) is 19.9 Å². The van der Waals surface area contributed by atoms with E-state index in [4.69, 9.17) is 5.11 Å². The Morgan fingerprint density at radius 1 is 1.47 bits per heavy atom. The van der Waals surface area contributed by atoms with Gasteiger partial charge in [0.25, 0.3) is 0 Å². The number of hydrogen-bond acceptors (Lipinski definition) is 6. The Kier molecular flexibility index (Phi) is 6.08. The molecule has 0 aliphatic heterocycles. The van der Waals surface area contributed by atoms with E-state index in [0.717, 1.165) is 18.5 Å². The summed E-state index contributed by atoms with van der Waals surface area (Å²) in [5.41, 5.74) is 0.720. The lowest BCUT2D eigenvalue weighted by atomic mass is 10.1.